The van der Waals surface area contributed by atoms with E-state index < -0.39 is 6.04 Å². The first-order valence-corrected chi connectivity index (χ1v) is 11.8. The van der Waals surface area contributed by atoms with Gasteiger partial charge in [0.25, 0.3) is 0 Å². The van der Waals surface area contributed by atoms with E-state index in [0.29, 0.717) is 18.9 Å². The Labute approximate surface area is 183 Å². The highest BCUT2D eigenvalue weighted by Gasteiger charge is 2.53. The predicted octanol–water partition coefficient (Wildman–Crippen LogP) is 1.48. The molecule has 8 heteroatoms. The van der Waals surface area contributed by atoms with Crippen molar-refractivity contribution in [1.29, 1.82) is 0 Å². The standard InChI is InChI=1S/C23H34N4O4/c1-14-19(15(2)31-24-14)12-25-10-16-9-17(11-25)22(27-20(16)6-3-7-21(27)29)23(30)26-8-4-5-18(26)13-28/h16-18,20,22,28H,3-13H2,1-2H3/t16-,17+,18+,20+,22-/m1/s1. The summed E-state index contributed by atoms with van der Waals surface area (Å²) < 4.78 is 5.37. The summed E-state index contributed by atoms with van der Waals surface area (Å²) in [4.78, 5) is 33.1. The van der Waals surface area contributed by atoms with E-state index in [9.17, 15) is 14.7 Å². The van der Waals surface area contributed by atoms with Gasteiger partial charge in [0.15, 0.2) is 0 Å². The predicted molar refractivity (Wildman–Crippen MR) is 113 cm³/mol. The lowest BCUT2D eigenvalue weighted by Crippen LogP contribution is -2.68. The summed E-state index contributed by atoms with van der Waals surface area (Å²) in [6, 6.07) is -0.353. The largest absolute Gasteiger partial charge is 0.394 e. The minimum Gasteiger partial charge on any atom is -0.394 e. The average Bonchev–Trinajstić information content (AvgIpc) is 3.36. The Morgan fingerprint density at radius 2 is 2.00 bits per heavy atom. The van der Waals surface area contributed by atoms with Crippen LogP contribution in [0.25, 0.3) is 0 Å². The fourth-order valence-electron chi connectivity index (χ4n) is 6.64. The summed E-state index contributed by atoms with van der Waals surface area (Å²) in [6.07, 6.45) is 5.21. The summed E-state index contributed by atoms with van der Waals surface area (Å²) in [5.74, 6) is 1.59. The van der Waals surface area contributed by atoms with Gasteiger partial charge in [-0.1, -0.05) is 5.16 Å². The normalized spacial score (nSPS) is 33.6. The number of amides is 2. The van der Waals surface area contributed by atoms with Crippen molar-refractivity contribution in [3.05, 3.63) is 17.0 Å². The summed E-state index contributed by atoms with van der Waals surface area (Å²) in [7, 11) is 0. The molecule has 170 valence electrons. The lowest BCUT2D eigenvalue weighted by molar-refractivity contribution is -0.166. The van der Waals surface area contributed by atoms with Crippen molar-refractivity contribution < 1.29 is 19.2 Å². The Bertz CT molecular complexity index is 835. The van der Waals surface area contributed by atoms with Crippen molar-refractivity contribution in [2.75, 3.05) is 26.2 Å². The Kier molecular flexibility index (Phi) is 5.54. The van der Waals surface area contributed by atoms with E-state index in [2.05, 4.69) is 10.1 Å². The number of piperidine rings is 3. The first-order chi connectivity index (χ1) is 15.0. The van der Waals surface area contributed by atoms with Crippen LogP contribution in [0.1, 0.15) is 55.5 Å². The topological polar surface area (TPSA) is 90.1 Å². The second-order valence-corrected chi connectivity index (χ2v) is 9.97. The minimum atomic E-state index is -0.395. The molecule has 1 aromatic heterocycles. The Morgan fingerprint density at radius 3 is 2.74 bits per heavy atom. The molecule has 4 aliphatic heterocycles. The highest BCUT2D eigenvalue weighted by molar-refractivity contribution is 5.89. The summed E-state index contributed by atoms with van der Waals surface area (Å²) in [6.45, 7) is 7.14. The van der Waals surface area contributed by atoms with Gasteiger partial charge in [0.2, 0.25) is 11.8 Å². The molecule has 5 heterocycles. The molecule has 0 radical (unpaired) electrons. The number of aryl methyl sites for hydroxylation is 2. The molecule has 0 aromatic carbocycles. The first kappa shape index (κ1) is 20.9. The van der Waals surface area contributed by atoms with Crippen molar-refractivity contribution in [2.24, 2.45) is 11.8 Å². The van der Waals surface area contributed by atoms with Crippen LogP contribution in [0.3, 0.4) is 0 Å². The van der Waals surface area contributed by atoms with E-state index in [0.717, 1.165) is 68.8 Å². The fourth-order valence-corrected chi connectivity index (χ4v) is 6.64. The van der Waals surface area contributed by atoms with Crippen molar-refractivity contribution in [2.45, 2.75) is 77.0 Å². The summed E-state index contributed by atoms with van der Waals surface area (Å²) in [5.41, 5.74) is 2.07. The van der Waals surface area contributed by atoms with Gasteiger partial charge < -0.3 is 19.4 Å². The zero-order valence-corrected chi connectivity index (χ0v) is 18.6. The Balaban J connectivity index is 1.43. The maximum absolute atomic E-state index is 13.8. The molecule has 4 aliphatic rings. The van der Waals surface area contributed by atoms with Crippen LogP contribution >= 0.6 is 0 Å². The van der Waals surface area contributed by atoms with E-state index in [1.807, 2.05) is 23.6 Å². The molecule has 5 rings (SSSR count). The number of hydrogen-bond donors (Lipinski definition) is 1. The second-order valence-electron chi connectivity index (χ2n) is 9.97. The van der Waals surface area contributed by atoms with Crippen LogP contribution in [0.15, 0.2) is 4.52 Å². The van der Waals surface area contributed by atoms with Gasteiger partial charge in [-0.25, -0.2) is 0 Å². The SMILES string of the molecule is Cc1noc(C)c1CN1C[C@H]2C[C@@H](C1)[C@H](C(=O)N1CCC[C@H]1CO)N1C(=O)CCC[C@@H]21. The molecule has 0 spiro atoms. The van der Waals surface area contributed by atoms with Gasteiger partial charge in [-0.05, 0) is 51.9 Å². The van der Waals surface area contributed by atoms with Gasteiger partial charge >= 0.3 is 0 Å². The van der Waals surface area contributed by atoms with Crippen molar-refractivity contribution in [1.82, 2.24) is 19.9 Å². The monoisotopic (exact) mass is 430 g/mol. The highest BCUT2D eigenvalue weighted by Crippen LogP contribution is 2.43. The smallest absolute Gasteiger partial charge is 0.246 e. The van der Waals surface area contributed by atoms with Gasteiger partial charge in [-0.2, -0.15) is 0 Å². The molecule has 1 aromatic rings. The van der Waals surface area contributed by atoms with Crippen molar-refractivity contribution >= 4 is 11.8 Å². The van der Waals surface area contributed by atoms with E-state index in [1.54, 1.807) is 0 Å². The summed E-state index contributed by atoms with van der Waals surface area (Å²) >= 11 is 0. The number of aromatic nitrogens is 1. The third kappa shape index (κ3) is 3.57. The van der Waals surface area contributed by atoms with Gasteiger partial charge in [0.05, 0.1) is 18.3 Å². The molecule has 2 amide bonds. The number of carbonyl (C=O) groups is 2. The van der Waals surface area contributed by atoms with Crippen LogP contribution in [-0.4, -0.2) is 81.1 Å². The van der Waals surface area contributed by atoms with Crippen LogP contribution in [0.5, 0.6) is 0 Å². The molecule has 8 nitrogen and oxygen atoms in total. The van der Waals surface area contributed by atoms with E-state index >= 15 is 0 Å². The molecule has 5 atom stereocenters. The molecule has 4 fully saturated rings. The quantitative estimate of drug-likeness (QED) is 0.778. The number of rotatable bonds is 4. The highest BCUT2D eigenvalue weighted by atomic mass is 16.5. The van der Waals surface area contributed by atoms with Gasteiger partial charge in [-0.15, -0.1) is 0 Å². The van der Waals surface area contributed by atoms with Gasteiger partial charge in [0, 0.05) is 50.1 Å². The maximum atomic E-state index is 13.8. The van der Waals surface area contributed by atoms with E-state index in [-0.39, 0.29) is 36.4 Å². The average molecular weight is 431 g/mol. The molecule has 0 aliphatic carbocycles. The minimum absolute atomic E-state index is 0.00128. The number of aliphatic hydroxyl groups excluding tert-OH is 1. The van der Waals surface area contributed by atoms with Gasteiger partial charge in [-0.3, -0.25) is 14.5 Å². The number of fused-ring (bicyclic) bond motifs is 4. The van der Waals surface area contributed by atoms with Crippen molar-refractivity contribution in [3.8, 4) is 0 Å². The molecule has 31 heavy (non-hydrogen) atoms. The zero-order valence-electron chi connectivity index (χ0n) is 18.6. The Morgan fingerprint density at radius 1 is 1.19 bits per heavy atom. The Hall–Kier alpha value is -1.93. The van der Waals surface area contributed by atoms with Crippen LogP contribution in [-0.2, 0) is 16.1 Å². The summed E-state index contributed by atoms with van der Waals surface area (Å²) in [5, 5.41) is 13.9. The number of hydrogen-bond acceptors (Lipinski definition) is 6. The maximum Gasteiger partial charge on any atom is 0.246 e. The number of carbonyl (C=O) groups excluding carboxylic acids is 2. The van der Waals surface area contributed by atoms with Crippen molar-refractivity contribution in [3.63, 3.8) is 0 Å². The number of aliphatic hydroxyl groups is 1. The van der Waals surface area contributed by atoms with Crippen LogP contribution in [0.2, 0.25) is 0 Å². The molecule has 4 saturated heterocycles. The molecule has 0 unspecified atom stereocenters. The molecular formula is C23H34N4O4. The second kappa shape index (κ2) is 8.20. The third-order valence-electron chi connectivity index (χ3n) is 8.10. The van der Waals surface area contributed by atoms with Gasteiger partial charge in [0.1, 0.15) is 11.8 Å². The first-order valence-electron chi connectivity index (χ1n) is 11.8. The van der Waals surface area contributed by atoms with Crippen LogP contribution < -0.4 is 0 Å². The van der Waals surface area contributed by atoms with Crippen LogP contribution in [0.4, 0.5) is 0 Å². The zero-order chi connectivity index (χ0) is 21.7. The third-order valence-corrected chi connectivity index (χ3v) is 8.10. The molecular weight excluding hydrogens is 396 g/mol. The lowest BCUT2D eigenvalue weighted by Gasteiger charge is -2.56. The lowest BCUT2D eigenvalue weighted by atomic mass is 9.71. The number of nitrogens with zero attached hydrogens (tertiary/aromatic N) is 4. The van der Waals surface area contributed by atoms with E-state index in [4.69, 9.17) is 4.52 Å². The number of likely N-dealkylation sites (tertiary alicyclic amines) is 2. The molecule has 0 saturated carbocycles. The molecule has 1 N–H and O–H groups in total. The van der Waals surface area contributed by atoms with Crippen LogP contribution in [0, 0.1) is 25.7 Å². The fraction of sp³-hybridized carbons (Fsp3) is 0.783. The molecule has 2 bridgehead atoms. The van der Waals surface area contributed by atoms with E-state index in [1.165, 1.54) is 0 Å².